The Morgan fingerprint density at radius 3 is 1.53 bits per heavy atom. The zero-order chi connectivity index (χ0) is 11.8. The quantitative estimate of drug-likeness (QED) is 0.433. The van der Waals surface area contributed by atoms with E-state index in [-0.39, 0.29) is 6.67 Å². The van der Waals surface area contributed by atoms with Crippen LogP contribution in [0.2, 0.25) is 0 Å². The molecule has 0 atom stereocenters. The second kappa shape index (κ2) is 6.74. The third kappa shape index (κ3) is 3.92. The van der Waals surface area contributed by atoms with Gasteiger partial charge in [0.1, 0.15) is 20.1 Å². The van der Waals surface area contributed by atoms with Crippen LogP contribution < -0.4 is 0 Å². The van der Waals surface area contributed by atoms with Gasteiger partial charge in [-0.05, 0) is 12.2 Å². The number of carbonyl (C=O) groups excluding carboxylic acids is 2. The van der Waals surface area contributed by atoms with E-state index in [0.717, 1.165) is 22.0 Å². The summed E-state index contributed by atoms with van der Waals surface area (Å²) in [5.41, 5.74) is 0. The zero-order valence-electron chi connectivity index (χ0n) is 8.30. The fourth-order valence-corrected chi connectivity index (χ4v) is 0.832. The van der Waals surface area contributed by atoms with E-state index in [1.165, 1.54) is 0 Å². The fourth-order valence-electron chi connectivity index (χ4n) is 0.832. The van der Waals surface area contributed by atoms with Crippen LogP contribution in [0.3, 0.4) is 0 Å². The summed E-state index contributed by atoms with van der Waals surface area (Å²) < 4.78 is 0. The van der Waals surface area contributed by atoms with Crippen molar-refractivity contribution in [2.45, 2.75) is 0 Å². The minimum Gasteiger partial charge on any atom is -0.376 e. The highest BCUT2D eigenvalue weighted by Crippen LogP contribution is 1.96. The van der Waals surface area contributed by atoms with Crippen molar-refractivity contribution in [3.05, 3.63) is 25.3 Å². The number of carbonyl (C=O) groups is 2. The van der Waals surface area contributed by atoms with Gasteiger partial charge in [0, 0.05) is 0 Å². The number of hydrogen-bond acceptors (Lipinski definition) is 4. The van der Waals surface area contributed by atoms with E-state index < -0.39 is 25.3 Å². The third-order valence-corrected chi connectivity index (χ3v) is 1.66. The first kappa shape index (κ1) is 13.3. The molecule has 0 saturated heterocycles. The Bertz CT molecular complexity index is 239. The SMILES string of the molecule is C=CC(=O)N(CO)CN(CO)C(=O)C=C. The van der Waals surface area contributed by atoms with Gasteiger partial charge in [0.05, 0.1) is 0 Å². The molecule has 0 aromatic rings. The highest BCUT2D eigenvalue weighted by atomic mass is 16.3. The van der Waals surface area contributed by atoms with Gasteiger partial charge in [-0.25, -0.2) is 0 Å². The highest BCUT2D eigenvalue weighted by Gasteiger charge is 2.15. The normalized spacial score (nSPS) is 9.20. The molecule has 0 saturated carbocycles. The Kier molecular flexibility index (Phi) is 6.00. The van der Waals surface area contributed by atoms with E-state index in [1.54, 1.807) is 0 Å². The highest BCUT2D eigenvalue weighted by molar-refractivity contribution is 5.89. The molecule has 2 amide bonds. The first-order valence-corrected chi connectivity index (χ1v) is 4.15. The van der Waals surface area contributed by atoms with Gasteiger partial charge >= 0.3 is 0 Å². The van der Waals surface area contributed by atoms with Crippen LogP contribution in [0.5, 0.6) is 0 Å². The second-order valence-corrected chi connectivity index (χ2v) is 2.59. The van der Waals surface area contributed by atoms with Crippen molar-refractivity contribution in [1.29, 1.82) is 0 Å². The summed E-state index contributed by atoms with van der Waals surface area (Å²) in [7, 11) is 0. The van der Waals surface area contributed by atoms with Gasteiger partial charge in [0.15, 0.2) is 0 Å². The van der Waals surface area contributed by atoms with Crippen molar-refractivity contribution in [2.75, 3.05) is 20.1 Å². The van der Waals surface area contributed by atoms with Crippen LogP contribution >= 0.6 is 0 Å². The van der Waals surface area contributed by atoms with Gasteiger partial charge < -0.3 is 10.2 Å². The molecule has 0 radical (unpaired) electrons. The molecule has 0 unspecified atom stereocenters. The lowest BCUT2D eigenvalue weighted by Crippen LogP contribution is -2.44. The van der Waals surface area contributed by atoms with Crippen LogP contribution in [0, 0.1) is 0 Å². The van der Waals surface area contributed by atoms with E-state index in [0.29, 0.717) is 0 Å². The standard InChI is InChI=1S/C9H14N2O4/c1-3-8(14)10(6-12)5-11(7-13)9(15)4-2/h3-4,12-13H,1-2,5-7H2. The van der Waals surface area contributed by atoms with Gasteiger partial charge in [-0.2, -0.15) is 0 Å². The summed E-state index contributed by atoms with van der Waals surface area (Å²) in [6.07, 6.45) is 2.01. The Morgan fingerprint density at radius 1 is 1.00 bits per heavy atom. The molecule has 0 aromatic carbocycles. The largest absolute Gasteiger partial charge is 0.376 e. The van der Waals surface area contributed by atoms with Crippen molar-refractivity contribution >= 4 is 11.8 Å². The van der Waals surface area contributed by atoms with Crippen LogP contribution in [0.15, 0.2) is 25.3 Å². The average molecular weight is 214 g/mol. The van der Waals surface area contributed by atoms with Crippen LogP contribution in [-0.2, 0) is 9.59 Å². The molecular formula is C9H14N2O4. The van der Waals surface area contributed by atoms with Gasteiger partial charge in [-0.3, -0.25) is 19.4 Å². The van der Waals surface area contributed by atoms with Crippen molar-refractivity contribution in [2.24, 2.45) is 0 Å². The smallest absolute Gasteiger partial charge is 0.249 e. The Hall–Kier alpha value is -1.66. The maximum atomic E-state index is 11.1. The van der Waals surface area contributed by atoms with Gasteiger partial charge in [0.2, 0.25) is 11.8 Å². The van der Waals surface area contributed by atoms with Gasteiger partial charge in [-0.15, -0.1) is 0 Å². The zero-order valence-corrected chi connectivity index (χ0v) is 8.30. The van der Waals surface area contributed by atoms with Crippen LogP contribution in [-0.4, -0.2) is 52.0 Å². The van der Waals surface area contributed by atoms with Crippen LogP contribution in [0.25, 0.3) is 0 Å². The lowest BCUT2D eigenvalue weighted by atomic mass is 10.5. The number of hydrogen-bond donors (Lipinski definition) is 2. The molecule has 0 aromatic heterocycles. The molecule has 0 rings (SSSR count). The maximum Gasteiger partial charge on any atom is 0.249 e. The lowest BCUT2D eigenvalue weighted by molar-refractivity contribution is -0.140. The monoisotopic (exact) mass is 214 g/mol. The summed E-state index contributed by atoms with van der Waals surface area (Å²) >= 11 is 0. The van der Waals surface area contributed by atoms with E-state index in [1.807, 2.05) is 0 Å². The third-order valence-electron chi connectivity index (χ3n) is 1.66. The number of aliphatic hydroxyl groups is 2. The second-order valence-electron chi connectivity index (χ2n) is 2.59. The first-order chi connectivity index (χ1) is 7.10. The predicted molar refractivity (Wildman–Crippen MR) is 53.1 cm³/mol. The Labute approximate surface area is 87.7 Å². The molecule has 6 heteroatoms. The van der Waals surface area contributed by atoms with E-state index >= 15 is 0 Å². The average Bonchev–Trinajstić information content (AvgIpc) is 2.28. The summed E-state index contributed by atoms with van der Waals surface area (Å²) in [5, 5.41) is 17.7. The van der Waals surface area contributed by atoms with Crippen molar-refractivity contribution < 1.29 is 19.8 Å². The first-order valence-electron chi connectivity index (χ1n) is 4.15. The Balaban J connectivity index is 4.49. The molecule has 0 spiro atoms. The van der Waals surface area contributed by atoms with Crippen molar-refractivity contribution in [1.82, 2.24) is 9.80 Å². The summed E-state index contributed by atoms with van der Waals surface area (Å²) in [6, 6.07) is 0. The molecule has 15 heavy (non-hydrogen) atoms. The number of rotatable bonds is 6. The van der Waals surface area contributed by atoms with E-state index in [9.17, 15) is 9.59 Å². The van der Waals surface area contributed by atoms with Crippen molar-refractivity contribution in [3.63, 3.8) is 0 Å². The minimum atomic E-state index is -0.564. The molecule has 0 aliphatic carbocycles. The summed E-state index contributed by atoms with van der Waals surface area (Å²) in [5.74, 6) is -1.07. The molecule has 2 N–H and O–H groups in total. The van der Waals surface area contributed by atoms with E-state index in [4.69, 9.17) is 10.2 Å². The lowest BCUT2D eigenvalue weighted by Gasteiger charge is -2.26. The molecule has 0 bridgehead atoms. The van der Waals surface area contributed by atoms with Gasteiger partial charge in [0.25, 0.3) is 0 Å². The number of nitrogens with zero attached hydrogens (tertiary/aromatic N) is 2. The molecule has 0 aliphatic rings. The minimum absolute atomic E-state index is 0.220. The topological polar surface area (TPSA) is 81.1 Å². The molecule has 0 fully saturated rings. The summed E-state index contributed by atoms with van der Waals surface area (Å²) in [6.45, 7) is 5.13. The Morgan fingerprint density at radius 2 is 1.33 bits per heavy atom. The fraction of sp³-hybridized carbons (Fsp3) is 0.333. The maximum absolute atomic E-state index is 11.1. The molecule has 0 aliphatic heterocycles. The van der Waals surface area contributed by atoms with Crippen LogP contribution in [0.1, 0.15) is 0 Å². The molecular weight excluding hydrogens is 200 g/mol. The van der Waals surface area contributed by atoms with Crippen LogP contribution in [0.4, 0.5) is 0 Å². The predicted octanol–water partition coefficient (Wildman–Crippen LogP) is -1.13. The molecule has 84 valence electrons. The number of aliphatic hydroxyl groups excluding tert-OH is 2. The number of amides is 2. The molecule has 6 nitrogen and oxygen atoms in total. The summed E-state index contributed by atoms with van der Waals surface area (Å²) in [4.78, 5) is 24.1. The van der Waals surface area contributed by atoms with Crippen molar-refractivity contribution in [3.8, 4) is 0 Å². The molecule has 0 heterocycles. The van der Waals surface area contributed by atoms with E-state index in [2.05, 4.69) is 13.2 Å². The van der Waals surface area contributed by atoms with Gasteiger partial charge in [-0.1, -0.05) is 13.2 Å².